The minimum absolute atomic E-state index is 0.203. The molecule has 24 heavy (non-hydrogen) atoms. The molecule has 0 atom stereocenters. The van der Waals surface area contributed by atoms with Crippen LogP contribution in [0.1, 0.15) is 44.7 Å². The standard InChI is InChI=1S/C18H18N2O3S/c1-3-6-14-10(2)15(16(19)21)18(24-14)20-17(22)13-9-11-7-4-5-8-12(11)23-13/h4-5,7-9H,3,6H2,1-2H3,(H2,19,21)(H,20,22). The first-order valence-electron chi connectivity index (χ1n) is 7.73. The highest BCUT2D eigenvalue weighted by Crippen LogP contribution is 2.34. The zero-order chi connectivity index (χ0) is 17.3. The predicted octanol–water partition coefficient (Wildman–Crippen LogP) is 4.11. The van der Waals surface area contributed by atoms with Crippen molar-refractivity contribution in [3.8, 4) is 0 Å². The Morgan fingerprint density at radius 3 is 2.71 bits per heavy atom. The summed E-state index contributed by atoms with van der Waals surface area (Å²) < 4.78 is 5.56. The lowest BCUT2D eigenvalue weighted by Gasteiger charge is -2.02. The Kier molecular flexibility index (Phi) is 4.40. The number of fused-ring (bicyclic) bond motifs is 1. The highest BCUT2D eigenvalue weighted by Gasteiger charge is 2.22. The van der Waals surface area contributed by atoms with E-state index in [1.165, 1.54) is 11.3 Å². The molecule has 6 heteroatoms. The molecule has 0 aliphatic carbocycles. The van der Waals surface area contributed by atoms with Gasteiger partial charge < -0.3 is 15.5 Å². The van der Waals surface area contributed by atoms with Crippen molar-refractivity contribution in [3.63, 3.8) is 0 Å². The Morgan fingerprint density at radius 2 is 2.04 bits per heavy atom. The van der Waals surface area contributed by atoms with Gasteiger partial charge in [0.15, 0.2) is 5.76 Å². The van der Waals surface area contributed by atoms with Gasteiger partial charge in [0.1, 0.15) is 10.6 Å². The molecule has 0 unspecified atom stereocenters. The summed E-state index contributed by atoms with van der Waals surface area (Å²) >= 11 is 1.39. The number of primary amides is 1. The van der Waals surface area contributed by atoms with Gasteiger partial charge in [-0.05, 0) is 31.0 Å². The van der Waals surface area contributed by atoms with Crippen LogP contribution in [-0.4, -0.2) is 11.8 Å². The van der Waals surface area contributed by atoms with E-state index in [9.17, 15) is 9.59 Å². The average molecular weight is 342 g/mol. The molecular weight excluding hydrogens is 324 g/mol. The van der Waals surface area contributed by atoms with Gasteiger partial charge in [-0.3, -0.25) is 9.59 Å². The van der Waals surface area contributed by atoms with Crippen LogP contribution in [0.25, 0.3) is 11.0 Å². The maximum Gasteiger partial charge on any atom is 0.292 e. The molecule has 3 N–H and O–H groups in total. The van der Waals surface area contributed by atoms with Crippen LogP contribution in [0.4, 0.5) is 5.00 Å². The van der Waals surface area contributed by atoms with E-state index >= 15 is 0 Å². The Morgan fingerprint density at radius 1 is 1.29 bits per heavy atom. The molecule has 1 aromatic carbocycles. The maximum absolute atomic E-state index is 12.5. The van der Waals surface area contributed by atoms with Crippen molar-refractivity contribution in [2.24, 2.45) is 5.73 Å². The third-order valence-electron chi connectivity index (χ3n) is 3.85. The van der Waals surface area contributed by atoms with Crippen LogP contribution in [0, 0.1) is 6.92 Å². The molecule has 124 valence electrons. The zero-order valence-corrected chi connectivity index (χ0v) is 14.3. The number of amides is 2. The lowest BCUT2D eigenvalue weighted by atomic mass is 10.1. The van der Waals surface area contributed by atoms with Crippen molar-refractivity contribution in [1.82, 2.24) is 0 Å². The van der Waals surface area contributed by atoms with E-state index in [2.05, 4.69) is 12.2 Å². The minimum atomic E-state index is -0.536. The third-order valence-corrected chi connectivity index (χ3v) is 5.11. The predicted molar refractivity (Wildman–Crippen MR) is 95.7 cm³/mol. The van der Waals surface area contributed by atoms with E-state index in [0.29, 0.717) is 16.1 Å². The first-order chi connectivity index (χ1) is 11.5. The summed E-state index contributed by atoms with van der Waals surface area (Å²) in [6.07, 6.45) is 1.80. The van der Waals surface area contributed by atoms with Crippen molar-refractivity contribution < 1.29 is 14.0 Å². The van der Waals surface area contributed by atoms with Crippen LogP contribution in [0.3, 0.4) is 0 Å². The number of nitrogens with two attached hydrogens (primary N) is 1. The summed E-state index contributed by atoms with van der Waals surface area (Å²) in [6, 6.07) is 9.08. The number of aryl methyl sites for hydroxylation is 1. The molecule has 0 aliphatic rings. The molecule has 5 nitrogen and oxygen atoms in total. The average Bonchev–Trinajstić information content (AvgIpc) is 3.09. The quantitative estimate of drug-likeness (QED) is 0.732. The van der Waals surface area contributed by atoms with Gasteiger partial charge in [0.05, 0.1) is 5.56 Å². The third kappa shape index (κ3) is 2.92. The van der Waals surface area contributed by atoms with Crippen LogP contribution < -0.4 is 11.1 Å². The molecule has 0 saturated carbocycles. The van der Waals surface area contributed by atoms with Gasteiger partial charge in [0.2, 0.25) is 0 Å². The molecule has 0 saturated heterocycles. The van der Waals surface area contributed by atoms with Gasteiger partial charge in [-0.15, -0.1) is 11.3 Å². The van der Waals surface area contributed by atoms with E-state index in [1.807, 2.05) is 25.1 Å². The van der Waals surface area contributed by atoms with Gasteiger partial charge in [0.25, 0.3) is 11.8 Å². The first kappa shape index (κ1) is 16.3. The first-order valence-corrected chi connectivity index (χ1v) is 8.55. The normalized spacial score (nSPS) is 10.9. The zero-order valence-electron chi connectivity index (χ0n) is 13.5. The minimum Gasteiger partial charge on any atom is -0.451 e. The fraction of sp³-hybridized carbons (Fsp3) is 0.222. The van der Waals surface area contributed by atoms with E-state index in [1.54, 1.807) is 12.1 Å². The number of carbonyl (C=O) groups excluding carboxylic acids is 2. The van der Waals surface area contributed by atoms with Crippen molar-refractivity contribution in [3.05, 3.63) is 52.1 Å². The summed E-state index contributed by atoms with van der Waals surface area (Å²) in [7, 11) is 0. The summed E-state index contributed by atoms with van der Waals surface area (Å²) in [4.78, 5) is 25.3. The number of hydrogen-bond donors (Lipinski definition) is 2. The fourth-order valence-corrected chi connectivity index (χ4v) is 3.98. The number of furan rings is 1. The number of nitrogens with one attached hydrogen (secondary N) is 1. The molecule has 0 bridgehead atoms. The van der Waals surface area contributed by atoms with E-state index in [0.717, 1.165) is 28.7 Å². The Labute approximate surface area is 143 Å². The molecule has 0 radical (unpaired) electrons. The maximum atomic E-state index is 12.5. The highest BCUT2D eigenvalue weighted by atomic mass is 32.1. The van der Waals surface area contributed by atoms with Crippen LogP contribution in [-0.2, 0) is 6.42 Å². The summed E-state index contributed by atoms with van der Waals surface area (Å²) in [5.41, 5.74) is 7.36. The molecule has 0 aliphatic heterocycles. The molecule has 2 aromatic heterocycles. The lowest BCUT2D eigenvalue weighted by molar-refractivity contribution is 0.0999. The molecule has 3 aromatic rings. The second kappa shape index (κ2) is 6.49. The number of hydrogen-bond acceptors (Lipinski definition) is 4. The van der Waals surface area contributed by atoms with Crippen molar-refractivity contribution in [1.29, 1.82) is 0 Å². The van der Waals surface area contributed by atoms with Gasteiger partial charge in [-0.2, -0.15) is 0 Å². The second-order valence-electron chi connectivity index (χ2n) is 5.57. The van der Waals surface area contributed by atoms with E-state index < -0.39 is 11.8 Å². The van der Waals surface area contributed by atoms with Crippen molar-refractivity contribution in [2.75, 3.05) is 5.32 Å². The Hall–Kier alpha value is -2.60. The van der Waals surface area contributed by atoms with E-state index in [4.69, 9.17) is 10.2 Å². The second-order valence-corrected chi connectivity index (χ2v) is 6.68. The number of anilines is 1. The highest BCUT2D eigenvalue weighted by molar-refractivity contribution is 7.17. The van der Waals surface area contributed by atoms with Crippen LogP contribution >= 0.6 is 11.3 Å². The van der Waals surface area contributed by atoms with Crippen molar-refractivity contribution in [2.45, 2.75) is 26.7 Å². The number of rotatable bonds is 5. The number of benzene rings is 1. The monoisotopic (exact) mass is 342 g/mol. The van der Waals surface area contributed by atoms with Crippen LogP contribution in [0.2, 0.25) is 0 Å². The van der Waals surface area contributed by atoms with Crippen molar-refractivity contribution >= 4 is 39.1 Å². The number of thiophene rings is 1. The summed E-state index contributed by atoms with van der Waals surface area (Å²) in [5, 5.41) is 4.11. The Bertz CT molecular complexity index is 891. The number of carbonyl (C=O) groups is 2. The molecule has 0 fully saturated rings. The van der Waals surface area contributed by atoms with E-state index in [-0.39, 0.29) is 5.76 Å². The SMILES string of the molecule is CCCc1sc(NC(=O)c2cc3ccccc3o2)c(C(N)=O)c1C. The molecular formula is C18H18N2O3S. The molecule has 0 spiro atoms. The van der Waals surface area contributed by atoms with Gasteiger partial charge in [-0.25, -0.2) is 0 Å². The van der Waals surface area contributed by atoms with Gasteiger partial charge >= 0.3 is 0 Å². The smallest absolute Gasteiger partial charge is 0.292 e. The van der Waals surface area contributed by atoms with Crippen LogP contribution in [0.5, 0.6) is 0 Å². The fourth-order valence-electron chi connectivity index (χ4n) is 2.67. The van der Waals surface area contributed by atoms with Gasteiger partial charge in [-0.1, -0.05) is 31.5 Å². The van der Waals surface area contributed by atoms with Gasteiger partial charge in [0, 0.05) is 10.3 Å². The molecule has 2 heterocycles. The van der Waals surface area contributed by atoms with Crippen LogP contribution in [0.15, 0.2) is 34.7 Å². The molecule has 2 amide bonds. The topological polar surface area (TPSA) is 85.3 Å². The summed E-state index contributed by atoms with van der Waals surface area (Å²) in [5.74, 6) is -0.723. The number of para-hydroxylation sites is 1. The molecule has 3 rings (SSSR count). The lowest BCUT2D eigenvalue weighted by Crippen LogP contribution is -2.17. The largest absolute Gasteiger partial charge is 0.451 e. The summed E-state index contributed by atoms with van der Waals surface area (Å²) in [6.45, 7) is 3.92. The Balaban J connectivity index is 1.93.